The van der Waals surface area contributed by atoms with Crippen molar-refractivity contribution in [3.63, 3.8) is 0 Å². The highest BCUT2D eigenvalue weighted by Gasteiger charge is 2.06. The first-order chi connectivity index (χ1) is 7.72. The zero-order chi connectivity index (χ0) is 11.5. The van der Waals surface area contributed by atoms with Gasteiger partial charge in [-0.25, -0.2) is 0 Å². The number of carbonyl (C=O) groups excluding carboxylic acids is 1. The summed E-state index contributed by atoms with van der Waals surface area (Å²) in [4.78, 5) is 15.4. The number of nitrogens with zero attached hydrogens (tertiary/aromatic N) is 1. The summed E-state index contributed by atoms with van der Waals surface area (Å²) in [5.41, 5.74) is 1.35. The van der Waals surface area contributed by atoms with E-state index in [9.17, 15) is 4.79 Å². The van der Waals surface area contributed by atoms with Gasteiger partial charge in [0.25, 0.3) is 0 Å². The van der Waals surface area contributed by atoms with Gasteiger partial charge in [-0.05, 0) is 30.3 Å². The maximum atomic E-state index is 11.2. The number of anilines is 1. The molecule has 0 aliphatic rings. The molecular weight excluding hydrogens is 224 g/mol. The van der Waals surface area contributed by atoms with Crippen LogP contribution < -0.4 is 5.32 Å². The minimum absolute atomic E-state index is 0.257. The first-order valence-corrected chi connectivity index (χ1v) is 5.07. The van der Waals surface area contributed by atoms with Crippen molar-refractivity contribution in [1.29, 1.82) is 0 Å². The predicted octanol–water partition coefficient (Wildman–Crippen LogP) is 3.01. The number of hydrogen-bond acceptors (Lipinski definition) is 2. The van der Waals surface area contributed by atoms with Gasteiger partial charge in [-0.1, -0.05) is 18.2 Å². The van der Waals surface area contributed by atoms with Crippen LogP contribution >= 0.6 is 11.6 Å². The SMILES string of the molecule is C=CC(=O)Nc1ccc(Cl)c2ncccc12. The molecule has 4 heteroatoms. The molecular formula is C12H9ClN2O. The molecule has 1 heterocycles. The molecule has 0 bridgehead atoms. The van der Waals surface area contributed by atoms with E-state index < -0.39 is 0 Å². The highest BCUT2D eigenvalue weighted by Crippen LogP contribution is 2.27. The van der Waals surface area contributed by atoms with Gasteiger partial charge >= 0.3 is 0 Å². The van der Waals surface area contributed by atoms with Gasteiger partial charge in [-0.2, -0.15) is 0 Å². The van der Waals surface area contributed by atoms with Crippen molar-refractivity contribution in [3.05, 3.63) is 48.1 Å². The van der Waals surface area contributed by atoms with Crippen molar-refractivity contribution in [3.8, 4) is 0 Å². The Hall–Kier alpha value is -1.87. The van der Waals surface area contributed by atoms with E-state index in [4.69, 9.17) is 11.6 Å². The second kappa shape index (κ2) is 4.33. The lowest BCUT2D eigenvalue weighted by Crippen LogP contribution is -2.07. The standard InChI is InChI=1S/C12H9ClN2O/c1-2-11(16)15-10-6-5-9(13)12-8(10)4-3-7-14-12/h2-7H,1H2,(H,15,16). The average molecular weight is 233 g/mol. The zero-order valence-corrected chi connectivity index (χ0v) is 9.16. The Kier molecular flexibility index (Phi) is 2.88. The fourth-order valence-electron chi connectivity index (χ4n) is 1.43. The van der Waals surface area contributed by atoms with E-state index in [1.807, 2.05) is 6.07 Å². The van der Waals surface area contributed by atoms with Crippen LogP contribution in [0.2, 0.25) is 5.02 Å². The lowest BCUT2D eigenvalue weighted by Gasteiger charge is -2.07. The Morgan fingerprint density at radius 2 is 2.25 bits per heavy atom. The number of amides is 1. The third-order valence-electron chi connectivity index (χ3n) is 2.16. The molecule has 80 valence electrons. The van der Waals surface area contributed by atoms with E-state index in [0.717, 1.165) is 5.39 Å². The minimum atomic E-state index is -0.257. The van der Waals surface area contributed by atoms with Crippen LogP contribution in [0.25, 0.3) is 10.9 Å². The summed E-state index contributed by atoms with van der Waals surface area (Å²) in [7, 11) is 0. The summed E-state index contributed by atoms with van der Waals surface area (Å²) in [6.45, 7) is 3.40. The highest BCUT2D eigenvalue weighted by molar-refractivity contribution is 6.35. The predicted molar refractivity (Wildman–Crippen MR) is 65.6 cm³/mol. The maximum absolute atomic E-state index is 11.2. The molecule has 0 atom stereocenters. The first-order valence-electron chi connectivity index (χ1n) is 4.69. The lowest BCUT2D eigenvalue weighted by atomic mass is 10.2. The largest absolute Gasteiger partial charge is 0.322 e. The van der Waals surface area contributed by atoms with Crippen LogP contribution in [-0.4, -0.2) is 10.9 Å². The molecule has 3 nitrogen and oxygen atoms in total. The van der Waals surface area contributed by atoms with E-state index in [-0.39, 0.29) is 5.91 Å². The van der Waals surface area contributed by atoms with Crippen LogP contribution in [0, 0.1) is 0 Å². The van der Waals surface area contributed by atoms with E-state index in [1.54, 1.807) is 24.4 Å². The van der Waals surface area contributed by atoms with Gasteiger partial charge in [-0.3, -0.25) is 9.78 Å². The summed E-state index contributed by atoms with van der Waals surface area (Å²) in [6, 6.07) is 7.10. The fourth-order valence-corrected chi connectivity index (χ4v) is 1.64. The molecule has 0 unspecified atom stereocenters. The van der Waals surface area contributed by atoms with Crippen molar-refractivity contribution in [2.45, 2.75) is 0 Å². The molecule has 0 saturated heterocycles. The van der Waals surface area contributed by atoms with Crippen molar-refractivity contribution >= 4 is 34.1 Å². The van der Waals surface area contributed by atoms with Gasteiger partial charge < -0.3 is 5.32 Å². The molecule has 2 rings (SSSR count). The van der Waals surface area contributed by atoms with Crippen LogP contribution in [0.15, 0.2) is 43.1 Å². The summed E-state index contributed by atoms with van der Waals surface area (Å²) in [5, 5.41) is 4.08. The van der Waals surface area contributed by atoms with Gasteiger partial charge in [0.2, 0.25) is 5.91 Å². The number of fused-ring (bicyclic) bond motifs is 1. The molecule has 1 N–H and O–H groups in total. The number of nitrogens with one attached hydrogen (secondary N) is 1. The number of hydrogen-bond donors (Lipinski definition) is 1. The fraction of sp³-hybridized carbons (Fsp3) is 0. The molecule has 1 aromatic heterocycles. The highest BCUT2D eigenvalue weighted by atomic mass is 35.5. The Morgan fingerprint density at radius 1 is 1.44 bits per heavy atom. The molecule has 0 aliphatic carbocycles. The monoisotopic (exact) mass is 232 g/mol. The summed E-state index contributed by atoms with van der Waals surface area (Å²) < 4.78 is 0. The zero-order valence-electron chi connectivity index (χ0n) is 8.40. The van der Waals surface area contributed by atoms with E-state index >= 15 is 0 Å². The van der Waals surface area contributed by atoms with Crippen molar-refractivity contribution in [2.24, 2.45) is 0 Å². The smallest absolute Gasteiger partial charge is 0.247 e. The third-order valence-corrected chi connectivity index (χ3v) is 2.47. The number of halogens is 1. The second-order valence-corrected chi connectivity index (χ2v) is 3.60. The molecule has 1 aromatic carbocycles. The van der Waals surface area contributed by atoms with Crippen molar-refractivity contribution in [1.82, 2.24) is 4.98 Å². The van der Waals surface area contributed by atoms with Gasteiger partial charge in [0, 0.05) is 11.6 Å². The van der Waals surface area contributed by atoms with Crippen LogP contribution in [0.5, 0.6) is 0 Å². The summed E-state index contributed by atoms with van der Waals surface area (Å²) in [6.07, 6.45) is 2.88. The van der Waals surface area contributed by atoms with Gasteiger partial charge in [0.1, 0.15) is 0 Å². The number of rotatable bonds is 2. The molecule has 1 amide bonds. The Balaban J connectivity index is 2.58. The van der Waals surface area contributed by atoms with Crippen LogP contribution in [-0.2, 0) is 4.79 Å². The number of aromatic nitrogens is 1. The second-order valence-electron chi connectivity index (χ2n) is 3.19. The summed E-state index contributed by atoms with van der Waals surface area (Å²) in [5.74, 6) is -0.257. The van der Waals surface area contributed by atoms with Crippen LogP contribution in [0.1, 0.15) is 0 Å². The Morgan fingerprint density at radius 3 is 3.00 bits per heavy atom. The molecule has 0 aliphatic heterocycles. The molecule has 16 heavy (non-hydrogen) atoms. The Bertz CT molecular complexity index is 566. The number of benzene rings is 1. The number of carbonyl (C=O) groups is 1. The first kappa shape index (κ1) is 10.6. The van der Waals surface area contributed by atoms with Crippen LogP contribution in [0.3, 0.4) is 0 Å². The quantitative estimate of drug-likeness (QED) is 0.809. The van der Waals surface area contributed by atoms with E-state index in [0.29, 0.717) is 16.2 Å². The van der Waals surface area contributed by atoms with E-state index in [1.165, 1.54) is 6.08 Å². The minimum Gasteiger partial charge on any atom is -0.322 e. The molecule has 0 spiro atoms. The maximum Gasteiger partial charge on any atom is 0.247 e. The van der Waals surface area contributed by atoms with Crippen LogP contribution in [0.4, 0.5) is 5.69 Å². The van der Waals surface area contributed by atoms with Gasteiger partial charge in [0.15, 0.2) is 0 Å². The molecule has 0 radical (unpaired) electrons. The Labute approximate surface area is 97.8 Å². The average Bonchev–Trinajstić information content (AvgIpc) is 2.33. The molecule has 0 saturated carbocycles. The van der Waals surface area contributed by atoms with Gasteiger partial charge in [0.05, 0.1) is 16.2 Å². The third kappa shape index (κ3) is 1.90. The normalized spacial score (nSPS) is 10.1. The van der Waals surface area contributed by atoms with Gasteiger partial charge in [-0.15, -0.1) is 0 Å². The lowest BCUT2D eigenvalue weighted by molar-refractivity contribution is -0.111. The van der Waals surface area contributed by atoms with Crippen molar-refractivity contribution < 1.29 is 4.79 Å². The number of pyridine rings is 1. The molecule has 0 fully saturated rings. The van der Waals surface area contributed by atoms with E-state index in [2.05, 4.69) is 16.9 Å². The topological polar surface area (TPSA) is 42.0 Å². The summed E-state index contributed by atoms with van der Waals surface area (Å²) >= 11 is 6.00. The molecule has 2 aromatic rings. The van der Waals surface area contributed by atoms with Crippen molar-refractivity contribution in [2.75, 3.05) is 5.32 Å².